The van der Waals surface area contributed by atoms with Crippen LogP contribution in [0.3, 0.4) is 0 Å². The Bertz CT molecular complexity index is 1240. The molecule has 0 aliphatic carbocycles. The smallest absolute Gasteiger partial charge is 0.339 e. The number of ether oxygens (including phenoxy) is 3. The van der Waals surface area contributed by atoms with Gasteiger partial charge in [-0.1, -0.05) is 49.7 Å². The highest BCUT2D eigenvalue weighted by Gasteiger charge is 2.20. The van der Waals surface area contributed by atoms with Crippen LogP contribution in [0, 0.1) is 0 Å². The van der Waals surface area contributed by atoms with E-state index in [0.717, 1.165) is 55.1 Å². The molecule has 0 saturated carbocycles. The number of unbranched alkanes of at least 4 members (excludes halogenated alkanes) is 1. The van der Waals surface area contributed by atoms with Crippen molar-refractivity contribution in [2.75, 3.05) is 56.8 Å². The molecule has 3 aromatic carbocycles. The minimum Gasteiger partial charge on any atom is -0.493 e. The Balaban J connectivity index is 1.57. The topological polar surface area (TPSA) is 77.1 Å². The molecule has 1 aliphatic heterocycles. The van der Waals surface area contributed by atoms with Gasteiger partial charge in [-0.3, -0.25) is 9.69 Å². The molecule has 8 heteroatoms. The quantitative estimate of drug-likeness (QED) is 0.220. The van der Waals surface area contributed by atoms with E-state index in [0.29, 0.717) is 36.0 Å². The molecule has 0 spiro atoms. The Morgan fingerprint density at radius 2 is 1.69 bits per heavy atom. The fourth-order valence-electron chi connectivity index (χ4n) is 4.28. The summed E-state index contributed by atoms with van der Waals surface area (Å²) in [5, 5.41) is 2.93. The van der Waals surface area contributed by atoms with Crippen LogP contribution in [-0.4, -0.2) is 68.2 Å². The summed E-state index contributed by atoms with van der Waals surface area (Å²) in [5.74, 6) is 2.44. The average molecular weight is 549 g/mol. The zero-order valence-electron chi connectivity index (χ0n) is 22.6. The summed E-state index contributed by atoms with van der Waals surface area (Å²) in [6.45, 7) is 6.09. The first-order valence-electron chi connectivity index (χ1n) is 13.4. The first kappa shape index (κ1) is 28.5. The van der Waals surface area contributed by atoms with E-state index in [9.17, 15) is 9.59 Å². The van der Waals surface area contributed by atoms with Gasteiger partial charge in [0.05, 0.1) is 30.5 Å². The molecular weight excluding hydrogens is 512 g/mol. The van der Waals surface area contributed by atoms with E-state index in [2.05, 4.69) is 17.1 Å². The van der Waals surface area contributed by atoms with Gasteiger partial charge in [-0.15, -0.1) is 0 Å². The van der Waals surface area contributed by atoms with E-state index in [1.807, 2.05) is 54.2 Å². The number of hydrogen-bond donors (Lipinski definition) is 1. The lowest BCUT2D eigenvalue weighted by atomic mass is 10.0. The van der Waals surface area contributed by atoms with Crippen molar-refractivity contribution in [3.05, 3.63) is 77.9 Å². The Morgan fingerprint density at radius 1 is 0.897 bits per heavy atom. The van der Waals surface area contributed by atoms with Crippen molar-refractivity contribution in [1.82, 2.24) is 4.90 Å². The second-order valence-electron chi connectivity index (χ2n) is 9.23. The molecular formula is C31H36N2O5S. The van der Waals surface area contributed by atoms with Gasteiger partial charge in [0.1, 0.15) is 18.1 Å². The van der Waals surface area contributed by atoms with Crippen LogP contribution in [0.15, 0.2) is 66.7 Å². The Labute approximate surface area is 234 Å². The number of anilines is 1. The molecule has 1 saturated heterocycles. The van der Waals surface area contributed by atoms with Crippen molar-refractivity contribution >= 4 is 29.3 Å². The largest absolute Gasteiger partial charge is 0.493 e. The van der Waals surface area contributed by atoms with Gasteiger partial charge in [-0.2, -0.15) is 11.8 Å². The van der Waals surface area contributed by atoms with Crippen LogP contribution in [0.5, 0.6) is 11.5 Å². The molecule has 0 unspecified atom stereocenters. The standard InChI is InChI=1S/C31H36N2O5S/c1-3-4-17-38-29-13-11-25(37-18-14-33-15-19-39-20-16-33)22-27(29)30(34)32-28-21-24(23-8-6-5-7-9-23)10-12-26(28)31(35)36-2/h5-13,21-22H,3-4,14-20H2,1-2H3,(H,32,34). The second-order valence-corrected chi connectivity index (χ2v) is 10.5. The van der Waals surface area contributed by atoms with Gasteiger partial charge in [0.15, 0.2) is 0 Å². The van der Waals surface area contributed by atoms with Crippen LogP contribution in [0.4, 0.5) is 5.69 Å². The van der Waals surface area contributed by atoms with Crippen molar-refractivity contribution in [2.24, 2.45) is 0 Å². The molecule has 7 nitrogen and oxygen atoms in total. The van der Waals surface area contributed by atoms with Crippen molar-refractivity contribution in [1.29, 1.82) is 0 Å². The van der Waals surface area contributed by atoms with Crippen molar-refractivity contribution in [3.8, 4) is 22.6 Å². The summed E-state index contributed by atoms with van der Waals surface area (Å²) in [6.07, 6.45) is 1.85. The average Bonchev–Trinajstić information content (AvgIpc) is 2.98. The summed E-state index contributed by atoms with van der Waals surface area (Å²) >= 11 is 1.98. The third-order valence-electron chi connectivity index (χ3n) is 6.51. The van der Waals surface area contributed by atoms with Gasteiger partial charge in [-0.25, -0.2) is 4.79 Å². The molecule has 1 fully saturated rings. The van der Waals surface area contributed by atoms with E-state index >= 15 is 0 Å². The lowest BCUT2D eigenvalue weighted by Crippen LogP contribution is -2.35. The summed E-state index contributed by atoms with van der Waals surface area (Å²) in [7, 11) is 1.32. The van der Waals surface area contributed by atoms with Crippen molar-refractivity contribution < 1.29 is 23.8 Å². The van der Waals surface area contributed by atoms with Gasteiger partial charge >= 0.3 is 5.97 Å². The number of nitrogens with one attached hydrogen (secondary N) is 1. The van der Waals surface area contributed by atoms with E-state index in [-0.39, 0.29) is 5.56 Å². The number of carbonyl (C=O) groups is 2. The Kier molecular flexibility index (Phi) is 10.7. The fourth-order valence-corrected chi connectivity index (χ4v) is 5.26. The molecule has 3 aromatic rings. The molecule has 0 aromatic heterocycles. The van der Waals surface area contributed by atoms with E-state index in [1.165, 1.54) is 7.11 Å². The third kappa shape index (κ3) is 8.00. The number of benzene rings is 3. The number of esters is 1. The van der Waals surface area contributed by atoms with Gasteiger partial charge in [0.25, 0.3) is 5.91 Å². The van der Waals surface area contributed by atoms with Gasteiger partial charge < -0.3 is 19.5 Å². The van der Waals surface area contributed by atoms with Gasteiger partial charge in [0, 0.05) is 31.1 Å². The fraction of sp³-hybridized carbons (Fsp3) is 0.355. The van der Waals surface area contributed by atoms with Crippen LogP contribution >= 0.6 is 11.8 Å². The maximum Gasteiger partial charge on any atom is 0.339 e. The summed E-state index contributed by atoms with van der Waals surface area (Å²) in [5.41, 5.74) is 2.81. The molecule has 0 atom stereocenters. The summed E-state index contributed by atoms with van der Waals surface area (Å²) < 4.78 is 17.0. The predicted molar refractivity (Wildman–Crippen MR) is 157 cm³/mol. The van der Waals surface area contributed by atoms with Crippen LogP contribution in [0.1, 0.15) is 40.5 Å². The number of amides is 1. The van der Waals surface area contributed by atoms with Gasteiger partial charge in [0.2, 0.25) is 0 Å². The predicted octanol–water partition coefficient (Wildman–Crippen LogP) is 6.00. The zero-order valence-corrected chi connectivity index (χ0v) is 23.4. The summed E-state index contributed by atoms with van der Waals surface area (Å²) in [4.78, 5) is 28.6. The summed E-state index contributed by atoms with van der Waals surface area (Å²) in [6, 6.07) is 20.4. The molecule has 0 radical (unpaired) electrons. The minimum atomic E-state index is -0.530. The molecule has 1 N–H and O–H groups in total. The molecule has 39 heavy (non-hydrogen) atoms. The number of thioether (sulfide) groups is 1. The lowest BCUT2D eigenvalue weighted by Gasteiger charge is -2.25. The zero-order chi connectivity index (χ0) is 27.5. The second kappa shape index (κ2) is 14.6. The lowest BCUT2D eigenvalue weighted by molar-refractivity contribution is 0.0602. The first-order valence-corrected chi connectivity index (χ1v) is 14.5. The molecule has 1 heterocycles. The highest BCUT2D eigenvalue weighted by molar-refractivity contribution is 7.99. The molecule has 0 bridgehead atoms. The first-order chi connectivity index (χ1) is 19.1. The van der Waals surface area contributed by atoms with Gasteiger partial charge in [-0.05, 0) is 47.9 Å². The van der Waals surface area contributed by atoms with Crippen molar-refractivity contribution in [2.45, 2.75) is 19.8 Å². The van der Waals surface area contributed by atoms with E-state index in [4.69, 9.17) is 14.2 Å². The van der Waals surface area contributed by atoms with Crippen LogP contribution < -0.4 is 14.8 Å². The maximum atomic E-state index is 13.6. The highest BCUT2D eigenvalue weighted by Crippen LogP contribution is 2.29. The number of carbonyl (C=O) groups excluding carboxylic acids is 2. The maximum absolute atomic E-state index is 13.6. The monoisotopic (exact) mass is 548 g/mol. The van der Waals surface area contributed by atoms with Crippen LogP contribution in [0.2, 0.25) is 0 Å². The van der Waals surface area contributed by atoms with E-state index in [1.54, 1.807) is 24.3 Å². The van der Waals surface area contributed by atoms with Crippen LogP contribution in [0.25, 0.3) is 11.1 Å². The number of nitrogens with zero attached hydrogens (tertiary/aromatic N) is 1. The minimum absolute atomic E-state index is 0.270. The number of hydrogen-bond acceptors (Lipinski definition) is 7. The number of methoxy groups -OCH3 is 1. The third-order valence-corrected chi connectivity index (χ3v) is 7.45. The SMILES string of the molecule is CCCCOc1ccc(OCCN2CCSCC2)cc1C(=O)Nc1cc(-c2ccccc2)ccc1C(=O)OC. The van der Waals surface area contributed by atoms with Crippen molar-refractivity contribution in [3.63, 3.8) is 0 Å². The van der Waals surface area contributed by atoms with Crippen LogP contribution in [-0.2, 0) is 4.74 Å². The highest BCUT2D eigenvalue weighted by atomic mass is 32.2. The molecule has 1 amide bonds. The Morgan fingerprint density at radius 3 is 2.44 bits per heavy atom. The Hall–Kier alpha value is -3.49. The molecule has 206 valence electrons. The van der Waals surface area contributed by atoms with E-state index < -0.39 is 11.9 Å². The number of rotatable bonds is 12. The normalized spacial score (nSPS) is 13.5. The molecule has 1 aliphatic rings. The molecule has 4 rings (SSSR count).